The SMILES string of the molecule is CN(C(=O)[C@@H]1[C@H]2CC[C@@H](C2)[C@@H]1N)c1ccc(F)cc1. The summed E-state index contributed by atoms with van der Waals surface area (Å²) in [6, 6.07) is 6.01. The Hall–Kier alpha value is -1.42. The van der Waals surface area contributed by atoms with Crippen molar-refractivity contribution >= 4 is 11.6 Å². The number of nitrogens with two attached hydrogens (primary N) is 1. The van der Waals surface area contributed by atoms with Gasteiger partial charge in [-0.3, -0.25) is 4.79 Å². The molecule has 4 heteroatoms. The standard InChI is InChI=1S/C15H19FN2O/c1-18(12-6-4-11(16)5-7-12)15(19)13-9-2-3-10(8-9)14(13)17/h4-7,9-10,13-14H,2-3,8,17H2,1H3/t9-,10-,13+,14-/m0/s1. The number of carbonyl (C=O) groups is 1. The molecule has 0 spiro atoms. The van der Waals surface area contributed by atoms with Gasteiger partial charge in [0.05, 0.1) is 5.92 Å². The summed E-state index contributed by atoms with van der Waals surface area (Å²) in [4.78, 5) is 14.2. The molecule has 0 aromatic heterocycles. The largest absolute Gasteiger partial charge is 0.327 e. The fraction of sp³-hybridized carbons (Fsp3) is 0.533. The Morgan fingerprint density at radius 3 is 2.47 bits per heavy atom. The fourth-order valence-electron chi connectivity index (χ4n) is 3.72. The van der Waals surface area contributed by atoms with E-state index in [1.807, 2.05) is 0 Å². The van der Waals surface area contributed by atoms with Crippen molar-refractivity contribution in [3.63, 3.8) is 0 Å². The number of benzene rings is 1. The summed E-state index contributed by atoms with van der Waals surface area (Å²) in [7, 11) is 1.74. The van der Waals surface area contributed by atoms with E-state index in [1.165, 1.54) is 12.1 Å². The lowest BCUT2D eigenvalue weighted by atomic mass is 9.84. The third-order valence-electron chi connectivity index (χ3n) is 4.81. The average molecular weight is 262 g/mol. The van der Waals surface area contributed by atoms with Crippen LogP contribution in [-0.4, -0.2) is 19.0 Å². The van der Waals surface area contributed by atoms with Crippen molar-refractivity contribution in [2.75, 3.05) is 11.9 Å². The van der Waals surface area contributed by atoms with Gasteiger partial charge in [-0.1, -0.05) is 0 Å². The first kappa shape index (κ1) is 12.6. The second-order valence-corrected chi connectivity index (χ2v) is 5.81. The zero-order chi connectivity index (χ0) is 13.6. The summed E-state index contributed by atoms with van der Waals surface area (Å²) >= 11 is 0. The summed E-state index contributed by atoms with van der Waals surface area (Å²) in [5.41, 5.74) is 6.92. The Labute approximate surface area is 112 Å². The zero-order valence-corrected chi connectivity index (χ0v) is 11.1. The second-order valence-electron chi connectivity index (χ2n) is 5.81. The van der Waals surface area contributed by atoms with Crippen molar-refractivity contribution in [3.05, 3.63) is 30.1 Å². The summed E-state index contributed by atoms with van der Waals surface area (Å²) in [6.07, 6.45) is 3.37. The van der Waals surface area contributed by atoms with E-state index in [0.717, 1.165) is 24.9 Å². The molecule has 3 nitrogen and oxygen atoms in total. The van der Waals surface area contributed by atoms with Crippen LogP contribution in [0.5, 0.6) is 0 Å². The molecule has 0 aliphatic heterocycles. The van der Waals surface area contributed by atoms with E-state index >= 15 is 0 Å². The predicted octanol–water partition coefficient (Wildman–Crippen LogP) is 2.16. The van der Waals surface area contributed by atoms with Crippen LogP contribution in [0.4, 0.5) is 10.1 Å². The van der Waals surface area contributed by atoms with Crippen molar-refractivity contribution in [2.24, 2.45) is 23.5 Å². The molecule has 1 amide bonds. The van der Waals surface area contributed by atoms with E-state index in [4.69, 9.17) is 5.73 Å². The highest BCUT2D eigenvalue weighted by Gasteiger charge is 2.49. The van der Waals surface area contributed by atoms with Gasteiger partial charge in [0, 0.05) is 18.8 Å². The molecule has 2 aliphatic rings. The van der Waals surface area contributed by atoms with E-state index < -0.39 is 0 Å². The number of fused-ring (bicyclic) bond motifs is 2. The van der Waals surface area contributed by atoms with Crippen LogP contribution in [0.1, 0.15) is 19.3 Å². The van der Waals surface area contributed by atoms with Gasteiger partial charge >= 0.3 is 0 Å². The minimum Gasteiger partial charge on any atom is -0.327 e. The molecule has 0 saturated heterocycles. The minimum atomic E-state index is -0.291. The number of rotatable bonds is 2. The van der Waals surface area contributed by atoms with Crippen molar-refractivity contribution in [3.8, 4) is 0 Å². The van der Waals surface area contributed by atoms with Crippen LogP contribution >= 0.6 is 0 Å². The zero-order valence-electron chi connectivity index (χ0n) is 11.1. The van der Waals surface area contributed by atoms with Crippen molar-refractivity contribution in [1.29, 1.82) is 0 Å². The van der Waals surface area contributed by atoms with Crippen molar-refractivity contribution in [2.45, 2.75) is 25.3 Å². The molecule has 102 valence electrons. The number of halogens is 1. The summed E-state index contributed by atoms with van der Waals surface area (Å²) < 4.78 is 12.9. The van der Waals surface area contributed by atoms with Crippen LogP contribution in [-0.2, 0) is 4.79 Å². The van der Waals surface area contributed by atoms with Crippen molar-refractivity contribution < 1.29 is 9.18 Å². The van der Waals surface area contributed by atoms with Crippen LogP contribution in [0.3, 0.4) is 0 Å². The first-order chi connectivity index (χ1) is 9.08. The van der Waals surface area contributed by atoms with Gasteiger partial charge in [0.15, 0.2) is 0 Å². The lowest BCUT2D eigenvalue weighted by Gasteiger charge is -2.30. The Bertz CT molecular complexity index is 485. The summed E-state index contributed by atoms with van der Waals surface area (Å²) in [6.45, 7) is 0. The highest BCUT2D eigenvalue weighted by Crippen LogP contribution is 2.48. The maximum absolute atomic E-state index is 12.9. The third kappa shape index (κ3) is 2.04. The van der Waals surface area contributed by atoms with Crippen LogP contribution in [0.25, 0.3) is 0 Å². The number of carbonyl (C=O) groups excluding carboxylic acids is 1. The molecular formula is C15H19FN2O. The first-order valence-electron chi connectivity index (χ1n) is 6.86. The lowest BCUT2D eigenvalue weighted by Crippen LogP contribution is -2.46. The Balaban J connectivity index is 1.78. The number of amides is 1. The first-order valence-corrected chi connectivity index (χ1v) is 6.86. The van der Waals surface area contributed by atoms with Gasteiger partial charge in [-0.2, -0.15) is 0 Å². The Morgan fingerprint density at radius 2 is 1.89 bits per heavy atom. The minimum absolute atomic E-state index is 0.00542. The Morgan fingerprint density at radius 1 is 1.26 bits per heavy atom. The van der Waals surface area contributed by atoms with Crippen molar-refractivity contribution in [1.82, 2.24) is 0 Å². The average Bonchev–Trinajstić information content (AvgIpc) is 2.99. The summed E-state index contributed by atoms with van der Waals surface area (Å²) in [5, 5.41) is 0. The lowest BCUT2D eigenvalue weighted by molar-refractivity contribution is -0.124. The molecule has 3 rings (SSSR count). The van der Waals surface area contributed by atoms with Gasteiger partial charge in [-0.15, -0.1) is 0 Å². The van der Waals surface area contributed by atoms with E-state index in [9.17, 15) is 9.18 Å². The molecule has 2 fully saturated rings. The van der Waals surface area contributed by atoms with Gasteiger partial charge < -0.3 is 10.6 Å². The molecule has 19 heavy (non-hydrogen) atoms. The van der Waals surface area contributed by atoms with Crippen LogP contribution < -0.4 is 10.6 Å². The third-order valence-corrected chi connectivity index (χ3v) is 4.81. The van der Waals surface area contributed by atoms with Gasteiger partial charge in [0.1, 0.15) is 5.82 Å². The highest BCUT2D eigenvalue weighted by atomic mass is 19.1. The van der Waals surface area contributed by atoms with E-state index in [-0.39, 0.29) is 23.7 Å². The maximum atomic E-state index is 12.9. The molecule has 1 aromatic carbocycles. The number of hydrogen-bond acceptors (Lipinski definition) is 2. The van der Waals surface area contributed by atoms with Crippen LogP contribution in [0.15, 0.2) is 24.3 Å². The normalized spacial score (nSPS) is 32.6. The van der Waals surface area contributed by atoms with E-state index in [0.29, 0.717) is 11.8 Å². The van der Waals surface area contributed by atoms with Gasteiger partial charge in [-0.25, -0.2) is 4.39 Å². The fourth-order valence-corrected chi connectivity index (χ4v) is 3.72. The smallest absolute Gasteiger partial charge is 0.231 e. The topological polar surface area (TPSA) is 46.3 Å². The Kier molecular flexibility index (Phi) is 3.05. The molecule has 4 atom stereocenters. The monoisotopic (exact) mass is 262 g/mol. The molecule has 0 heterocycles. The van der Waals surface area contributed by atoms with E-state index in [2.05, 4.69) is 0 Å². The number of hydrogen-bond donors (Lipinski definition) is 1. The van der Waals surface area contributed by atoms with Gasteiger partial charge in [0.25, 0.3) is 0 Å². The maximum Gasteiger partial charge on any atom is 0.231 e. The molecule has 1 aromatic rings. The highest BCUT2D eigenvalue weighted by molar-refractivity contribution is 5.95. The molecular weight excluding hydrogens is 243 g/mol. The molecule has 2 aliphatic carbocycles. The summed E-state index contributed by atoms with van der Waals surface area (Å²) in [5.74, 6) is 0.678. The van der Waals surface area contributed by atoms with Crippen LogP contribution in [0, 0.1) is 23.6 Å². The molecule has 2 N–H and O–H groups in total. The second kappa shape index (κ2) is 4.60. The van der Waals surface area contributed by atoms with Crippen LogP contribution in [0.2, 0.25) is 0 Å². The van der Waals surface area contributed by atoms with Gasteiger partial charge in [-0.05, 0) is 55.4 Å². The molecule has 0 radical (unpaired) electrons. The number of anilines is 1. The predicted molar refractivity (Wildman–Crippen MR) is 72.1 cm³/mol. The molecule has 2 bridgehead atoms. The quantitative estimate of drug-likeness (QED) is 0.887. The van der Waals surface area contributed by atoms with Gasteiger partial charge in [0.2, 0.25) is 5.91 Å². The van der Waals surface area contributed by atoms with E-state index in [1.54, 1.807) is 24.1 Å². The molecule has 2 saturated carbocycles. The molecule has 0 unspecified atom stereocenters. The number of nitrogens with zero attached hydrogens (tertiary/aromatic N) is 1.